The monoisotopic (exact) mass is 284 g/mol. The van der Waals surface area contributed by atoms with Gasteiger partial charge in [0, 0.05) is 0 Å². The van der Waals surface area contributed by atoms with Gasteiger partial charge < -0.3 is 9.72 Å². The molecule has 0 spiro atoms. The van der Waals surface area contributed by atoms with E-state index in [1.54, 1.807) is 0 Å². The third-order valence-corrected chi connectivity index (χ3v) is 4.32. The Bertz CT molecular complexity index is 487. The van der Waals surface area contributed by atoms with E-state index in [9.17, 15) is 4.79 Å². The van der Waals surface area contributed by atoms with Crippen molar-refractivity contribution in [2.24, 2.45) is 17.8 Å². The maximum Gasteiger partial charge on any atom is 0.273 e. The number of nitrogens with zero attached hydrogens (tertiary/aromatic N) is 1. The van der Waals surface area contributed by atoms with Crippen molar-refractivity contribution in [1.82, 2.24) is 9.97 Å². The molecule has 3 unspecified atom stereocenters. The quantitative estimate of drug-likeness (QED) is 0.927. The second-order valence-electron chi connectivity index (χ2n) is 5.83. The highest BCUT2D eigenvalue weighted by molar-refractivity contribution is 6.31. The van der Waals surface area contributed by atoms with Crippen molar-refractivity contribution in [3.63, 3.8) is 0 Å². The summed E-state index contributed by atoms with van der Waals surface area (Å²) in [6, 6.07) is 0. The van der Waals surface area contributed by atoms with E-state index in [0.717, 1.165) is 12.8 Å². The Hall–Kier alpha value is -1.03. The first-order valence-electron chi connectivity index (χ1n) is 6.89. The maximum absolute atomic E-state index is 11.5. The predicted octanol–water partition coefficient (Wildman–Crippen LogP) is 3.26. The molecule has 1 aliphatic rings. The molecule has 0 saturated heterocycles. The minimum Gasteiger partial charge on any atom is -0.473 e. The number of rotatable bonds is 3. The van der Waals surface area contributed by atoms with Crippen molar-refractivity contribution in [3.05, 3.63) is 21.7 Å². The second-order valence-corrected chi connectivity index (χ2v) is 6.21. The lowest BCUT2D eigenvalue weighted by molar-refractivity contribution is 0.0425. The molecule has 2 rings (SSSR count). The molecule has 1 aromatic heterocycles. The first-order valence-corrected chi connectivity index (χ1v) is 7.26. The summed E-state index contributed by atoms with van der Waals surface area (Å²) in [6.07, 6.45) is 4.81. The van der Waals surface area contributed by atoms with E-state index >= 15 is 0 Å². The summed E-state index contributed by atoms with van der Waals surface area (Å²) in [5, 5.41) is 0.0447. The largest absolute Gasteiger partial charge is 0.473 e. The average Bonchev–Trinajstić information content (AvgIpc) is 2.35. The Morgan fingerprint density at radius 1 is 1.47 bits per heavy atom. The van der Waals surface area contributed by atoms with Crippen LogP contribution < -0.4 is 10.3 Å². The predicted molar refractivity (Wildman–Crippen MR) is 75.6 cm³/mol. The summed E-state index contributed by atoms with van der Waals surface area (Å²) in [5.74, 6) is 1.95. The summed E-state index contributed by atoms with van der Waals surface area (Å²) < 4.78 is 5.95. The van der Waals surface area contributed by atoms with Crippen LogP contribution in [0.5, 0.6) is 5.88 Å². The van der Waals surface area contributed by atoms with Crippen LogP contribution in [0.1, 0.15) is 40.0 Å². The minimum atomic E-state index is -0.350. The van der Waals surface area contributed by atoms with Crippen molar-refractivity contribution in [3.8, 4) is 5.88 Å². The molecule has 0 aromatic carbocycles. The first kappa shape index (κ1) is 14.4. The molecule has 1 aromatic rings. The van der Waals surface area contributed by atoms with Gasteiger partial charge in [-0.1, -0.05) is 38.8 Å². The van der Waals surface area contributed by atoms with Crippen LogP contribution in [0.4, 0.5) is 0 Å². The van der Waals surface area contributed by atoms with Gasteiger partial charge in [-0.2, -0.15) is 0 Å². The highest BCUT2D eigenvalue weighted by Gasteiger charge is 2.33. The van der Waals surface area contributed by atoms with E-state index in [-0.39, 0.29) is 22.6 Å². The third-order valence-electron chi connectivity index (χ3n) is 3.99. The number of hydrogen-bond donors (Lipinski definition) is 1. The van der Waals surface area contributed by atoms with Crippen LogP contribution in [0, 0.1) is 17.8 Å². The van der Waals surface area contributed by atoms with Crippen LogP contribution in [0.3, 0.4) is 0 Å². The fourth-order valence-corrected chi connectivity index (χ4v) is 2.99. The standard InChI is InChI=1S/C14H21ClN2O2/c1-8(2)10-5-4-9(3)6-11(10)19-14-12(15)13(18)16-7-17-14/h7-11H,4-6H2,1-3H3,(H,16,17,18). The van der Waals surface area contributed by atoms with Crippen molar-refractivity contribution in [1.29, 1.82) is 0 Å². The second kappa shape index (κ2) is 5.95. The molecule has 0 aliphatic heterocycles. The van der Waals surface area contributed by atoms with Gasteiger partial charge in [-0.05, 0) is 30.6 Å². The van der Waals surface area contributed by atoms with E-state index in [2.05, 4.69) is 30.7 Å². The third kappa shape index (κ3) is 3.30. The van der Waals surface area contributed by atoms with E-state index in [0.29, 0.717) is 17.8 Å². The zero-order valence-electron chi connectivity index (χ0n) is 11.6. The average molecular weight is 285 g/mol. The number of hydrogen-bond acceptors (Lipinski definition) is 3. The lowest BCUT2D eigenvalue weighted by Gasteiger charge is -2.37. The number of aromatic amines is 1. The van der Waals surface area contributed by atoms with Crippen molar-refractivity contribution < 1.29 is 4.74 Å². The van der Waals surface area contributed by atoms with Gasteiger partial charge in [0.15, 0.2) is 5.02 Å². The molecule has 4 nitrogen and oxygen atoms in total. The maximum atomic E-state index is 11.5. The molecular formula is C14H21ClN2O2. The molecule has 106 valence electrons. The number of H-pyrrole nitrogens is 1. The Balaban J connectivity index is 2.19. The van der Waals surface area contributed by atoms with Gasteiger partial charge in [0.2, 0.25) is 5.88 Å². The molecule has 3 atom stereocenters. The van der Waals surface area contributed by atoms with Gasteiger partial charge in [-0.15, -0.1) is 0 Å². The van der Waals surface area contributed by atoms with E-state index in [1.807, 2.05) is 0 Å². The molecule has 19 heavy (non-hydrogen) atoms. The fraction of sp³-hybridized carbons (Fsp3) is 0.714. The molecular weight excluding hydrogens is 264 g/mol. The Labute approximate surface area is 118 Å². The summed E-state index contributed by atoms with van der Waals surface area (Å²) in [7, 11) is 0. The van der Waals surface area contributed by atoms with Gasteiger partial charge in [0.25, 0.3) is 5.56 Å². The lowest BCUT2D eigenvalue weighted by atomic mass is 9.75. The van der Waals surface area contributed by atoms with Gasteiger partial charge in [-0.3, -0.25) is 4.79 Å². The number of ether oxygens (including phenoxy) is 1. The van der Waals surface area contributed by atoms with Crippen LogP contribution in [0.2, 0.25) is 5.02 Å². The number of halogens is 1. The topological polar surface area (TPSA) is 55.0 Å². The zero-order valence-corrected chi connectivity index (χ0v) is 12.4. The van der Waals surface area contributed by atoms with Gasteiger partial charge in [0.05, 0.1) is 6.33 Å². The van der Waals surface area contributed by atoms with E-state index in [4.69, 9.17) is 16.3 Å². The summed E-state index contributed by atoms with van der Waals surface area (Å²) in [5.41, 5.74) is -0.350. The molecule has 0 radical (unpaired) electrons. The van der Waals surface area contributed by atoms with E-state index < -0.39 is 0 Å². The van der Waals surface area contributed by atoms with Crippen LogP contribution >= 0.6 is 11.6 Å². The highest BCUT2D eigenvalue weighted by atomic mass is 35.5. The van der Waals surface area contributed by atoms with Gasteiger partial charge in [0.1, 0.15) is 6.10 Å². The van der Waals surface area contributed by atoms with Crippen molar-refractivity contribution in [2.75, 3.05) is 0 Å². The molecule has 1 fully saturated rings. The van der Waals surface area contributed by atoms with Crippen LogP contribution in [0.25, 0.3) is 0 Å². The molecule has 1 saturated carbocycles. The fourth-order valence-electron chi connectivity index (χ4n) is 2.84. The molecule has 1 aliphatic carbocycles. The van der Waals surface area contributed by atoms with Gasteiger partial charge >= 0.3 is 0 Å². The van der Waals surface area contributed by atoms with Crippen LogP contribution in [-0.2, 0) is 0 Å². The lowest BCUT2D eigenvalue weighted by Crippen LogP contribution is -2.36. The van der Waals surface area contributed by atoms with Gasteiger partial charge in [-0.25, -0.2) is 4.98 Å². The summed E-state index contributed by atoms with van der Waals surface area (Å²) >= 11 is 5.94. The molecule has 1 heterocycles. The van der Waals surface area contributed by atoms with Crippen LogP contribution in [-0.4, -0.2) is 16.1 Å². The van der Waals surface area contributed by atoms with Crippen molar-refractivity contribution >= 4 is 11.6 Å². The Morgan fingerprint density at radius 2 is 2.21 bits per heavy atom. The zero-order chi connectivity index (χ0) is 14.0. The molecule has 0 amide bonds. The summed E-state index contributed by atoms with van der Waals surface area (Å²) in [4.78, 5) is 17.9. The number of aromatic nitrogens is 2. The highest BCUT2D eigenvalue weighted by Crippen LogP contribution is 2.36. The smallest absolute Gasteiger partial charge is 0.273 e. The minimum absolute atomic E-state index is 0.0447. The Morgan fingerprint density at radius 3 is 2.89 bits per heavy atom. The molecule has 1 N–H and O–H groups in total. The SMILES string of the molecule is CC1CCC(C(C)C)C(Oc2nc[nH]c(=O)c2Cl)C1. The normalized spacial score (nSPS) is 27.5. The summed E-state index contributed by atoms with van der Waals surface area (Å²) in [6.45, 7) is 6.66. The van der Waals surface area contributed by atoms with Crippen molar-refractivity contribution in [2.45, 2.75) is 46.1 Å². The number of nitrogens with one attached hydrogen (secondary N) is 1. The Kier molecular flexibility index (Phi) is 4.50. The van der Waals surface area contributed by atoms with E-state index in [1.165, 1.54) is 12.7 Å². The molecule has 0 bridgehead atoms. The molecule has 5 heteroatoms. The first-order chi connectivity index (χ1) is 8.99. The van der Waals surface area contributed by atoms with Crippen LogP contribution in [0.15, 0.2) is 11.1 Å².